The van der Waals surface area contributed by atoms with Crippen LogP contribution in [0.1, 0.15) is 21.6 Å². The number of likely N-dealkylation sites (N-methyl/N-ethyl adjacent to an activating group) is 1. The van der Waals surface area contributed by atoms with Crippen molar-refractivity contribution in [2.45, 2.75) is 32.1 Å². The lowest BCUT2D eigenvalue weighted by Gasteiger charge is -2.40. The SMILES string of the molecule is CO[C@H]1[C@H](N(C)C(=O)c2c(C)cc(C)n(C)c2=O)COC[C@H]1OC. The van der Waals surface area contributed by atoms with Gasteiger partial charge >= 0.3 is 0 Å². The van der Waals surface area contributed by atoms with Crippen molar-refractivity contribution in [1.82, 2.24) is 9.47 Å². The number of aromatic nitrogens is 1. The summed E-state index contributed by atoms with van der Waals surface area (Å²) in [6.07, 6.45) is -0.571. The maximum absolute atomic E-state index is 13.0. The highest BCUT2D eigenvalue weighted by Gasteiger charge is 2.39. The van der Waals surface area contributed by atoms with E-state index in [1.807, 2.05) is 13.0 Å². The van der Waals surface area contributed by atoms with E-state index in [0.717, 1.165) is 5.69 Å². The summed E-state index contributed by atoms with van der Waals surface area (Å²) >= 11 is 0. The minimum atomic E-state index is -0.333. The number of aryl methyl sites for hydroxylation is 2. The second-order valence-electron chi connectivity index (χ2n) is 6.20. The molecule has 24 heavy (non-hydrogen) atoms. The minimum absolute atomic E-state index is 0.181. The lowest BCUT2D eigenvalue weighted by molar-refractivity contribution is -0.147. The molecular weight excluding hydrogens is 312 g/mol. The third-order valence-electron chi connectivity index (χ3n) is 4.79. The van der Waals surface area contributed by atoms with Crippen molar-refractivity contribution < 1.29 is 19.0 Å². The molecule has 0 unspecified atom stereocenters. The van der Waals surface area contributed by atoms with Crippen LogP contribution in [0.3, 0.4) is 0 Å². The van der Waals surface area contributed by atoms with Crippen molar-refractivity contribution in [2.24, 2.45) is 7.05 Å². The van der Waals surface area contributed by atoms with E-state index < -0.39 is 0 Å². The van der Waals surface area contributed by atoms with Crippen LogP contribution in [0.4, 0.5) is 0 Å². The molecule has 2 heterocycles. The molecule has 0 aromatic carbocycles. The Bertz CT molecular complexity index is 670. The normalized spacial score (nSPS) is 24.0. The lowest BCUT2D eigenvalue weighted by atomic mass is 10.0. The van der Waals surface area contributed by atoms with E-state index in [0.29, 0.717) is 18.8 Å². The van der Waals surface area contributed by atoms with Crippen LogP contribution in [0.2, 0.25) is 0 Å². The fourth-order valence-corrected chi connectivity index (χ4v) is 3.15. The summed E-state index contributed by atoms with van der Waals surface area (Å²) in [6, 6.07) is 1.51. The first-order valence-electron chi connectivity index (χ1n) is 7.91. The maximum atomic E-state index is 13.0. The Morgan fingerprint density at radius 1 is 1.29 bits per heavy atom. The van der Waals surface area contributed by atoms with Gasteiger partial charge in [0.2, 0.25) is 0 Å². The largest absolute Gasteiger partial charge is 0.376 e. The minimum Gasteiger partial charge on any atom is -0.376 e. The highest BCUT2D eigenvalue weighted by atomic mass is 16.6. The summed E-state index contributed by atoms with van der Waals surface area (Å²) in [5.74, 6) is -0.333. The quantitative estimate of drug-likeness (QED) is 0.800. The van der Waals surface area contributed by atoms with Crippen LogP contribution in [0.15, 0.2) is 10.9 Å². The van der Waals surface area contributed by atoms with Gasteiger partial charge in [-0.3, -0.25) is 9.59 Å². The van der Waals surface area contributed by atoms with Crippen molar-refractivity contribution in [1.29, 1.82) is 0 Å². The van der Waals surface area contributed by atoms with Gasteiger partial charge in [-0.15, -0.1) is 0 Å². The van der Waals surface area contributed by atoms with Gasteiger partial charge in [0.25, 0.3) is 11.5 Å². The van der Waals surface area contributed by atoms with Crippen LogP contribution in [0.25, 0.3) is 0 Å². The van der Waals surface area contributed by atoms with E-state index in [1.54, 1.807) is 35.2 Å². The first-order chi connectivity index (χ1) is 11.3. The molecule has 0 spiro atoms. The van der Waals surface area contributed by atoms with E-state index in [2.05, 4.69) is 0 Å². The Balaban J connectivity index is 2.36. The monoisotopic (exact) mass is 338 g/mol. The summed E-state index contributed by atoms with van der Waals surface area (Å²) in [5, 5.41) is 0. The van der Waals surface area contributed by atoms with E-state index in [-0.39, 0.29) is 35.3 Å². The van der Waals surface area contributed by atoms with Crippen molar-refractivity contribution >= 4 is 5.91 Å². The first kappa shape index (κ1) is 18.6. The molecule has 7 heteroatoms. The molecule has 1 aliphatic heterocycles. The van der Waals surface area contributed by atoms with Gasteiger partial charge in [0.1, 0.15) is 17.8 Å². The summed E-state index contributed by atoms with van der Waals surface area (Å²) in [6.45, 7) is 4.37. The number of amides is 1. The molecular formula is C17H26N2O5. The van der Waals surface area contributed by atoms with Gasteiger partial charge in [-0.25, -0.2) is 0 Å². The predicted octanol–water partition coefficient (Wildman–Crippen LogP) is 0.503. The van der Waals surface area contributed by atoms with Gasteiger partial charge in [0.05, 0.1) is 19.3 Å². The third kappa shape index (κ3) is 3.24. The molecule has 1 aromatic rings. The van der Waals surface area contributed by atoms with Crippen molar-refractivity contribution in [2.75, 3.05) is 34.5 Å². The standard InChI is InChI=1S/C17H26N2O5/c1-10-7-11(2)18(3)16(20)14(10)17(21)19(4)12-8-24-9-13(22-5)15(12)23-6/h7,12-13,15H,8-9H2,1-6H3/t12-,13-,15+/m1/s1. The van der Waals surface area contributed by atoms with E-state index >= 15 is 0 Å². The molecule has 1 amide bonds. The smallest absolute Gasteiger partial charge is 0.263 e. The molecule has 7 nitrogen and oxygen atoms in total. The number of ether oxygens (including phenoxy) is 3. The number of pyridine rings is 1. The number of nitrogens with zero attached hydrogens (tertiary/aromatic N) is 2. The molecule has 0 saturated carbocycles. The van der Waals surface area contributed by atoms with Crippen molar-refractivity contribution in [3.05, 3.63) is 33.2 Å². The van der Waals surface area contributed by atoms with Gasteiger partial charge in [0.15, 0.2) is 0 Å². The van der Waals surface area contributed by atoms with Crippen LogP contribution in [0, 0.1) is 13.8 Å². The molecule has 0 N–H and O–H groups in total. The second-order valence-corrected chi connectivity index (χ2v) is 6.20. The fraction of sp³-hybridized carbons (Fsp3) is 0.647. The molecule has 0 bridgehead atoms. The molecule has 2 rings (SSSR count). The molecule has 1 fully saturated rings. The van der Waals surface area contributed by atoms with Crippen molar-refractivity contribution in [3.8, 4) is 0 Å². The van der Waals surface area contributed by atoms with Crippen LogP contribution in [0.5, 0.6) is 0 Å². The maximum Gasteiger partial charge on any atom is 0.263 e. The zero-order valence-electron chi connectivity index (χ0n) is 15.2. The highest BCUT2D eigenvalue weighted by molar-refractivity contribution is 5.95. The average molecular weight is 338 g/mol. The number of hydrogen-bond acceptors (Lipinski definition) is 5. The second kappa shape index (κ2) is 7.46. The van der Waals surface area contributed by atoms with Crippen LogP contribution in [-0.4, -0.2) is 68.1 Å². The van der Waals surface area contributed by atoms with E-state index in [1.165, 1.54) is 9.47 Å². The van der Waals surface area contributed by atoms with E-state index in [9.17, 15) is 9.59 Å². The zero-order chi connectivity index (χ0) is 18.0. The Kier molecular flexibility index (Phi) is 5.79. The van der Waals surface area contributed by atoms with E-state index in [4.69, 9.17) is 14.2 Å². The molecule has 1 saturated heterocycles. The fourth-order valence-electron chi connectivity index (χ4n) is 3.15. The Morgan fingerprint density at radius 3 is 2.54 bits per heavy atom. The molecule has 134 valence electrons. The number of carbonyl (C=O) groups excluding carboxylic acids is 1. The number of methoxy groups -OCH3 is 2. The predicted molar refractivity (Wildman–Crippen MR) is 89.5 cm³/mol. The number of rotatable bonds is 4. The lowest BCUT2D eigenvalue weighted by Crippen LogP contribution is -2.58. The Labute approximate surface area is 142 Å². The highest BCUT2D eigenvalue weighted by Crippen LogP contribution is 2.20. The van der Waals surface area contributed by atoms with Gasteiger partial charge in [-0.2, -0.15) is 0 Å². The van der Waals surface area contributed by atoms with Crippen LogP contribution >= 0.6 is 0 Å². The molecule has 0 radical (unpaired) electrons. The molecule has 0 aliphatic carbocycles. The molecule has 1 aromatic heterocycles. The summed E-state index contributed by atoms with van der Waals surface area (Å²) < 4.78 is 18.0. The van der Waals surface area contributed by atoms with Crippen LogP contribution in [-0.2, 0) is 21.3 Å². The third-order valence-corrected chi connectivity index (χ3v) is 4.79. The summed E-state index contributed by atoms with van der Waals surface area (Å²) in [5.41, 5.74) is 1.37. The first-order valence-corrected chi connectivity index (χ1v) is 7.91. The Hall–Kier alpha value is -1.70. The van der Waals surface area contributed by atoms with Gasteiger partial charge in [-0.1, -0.05) is 0 Å². The number of carbonyl (C=O) groups is 1. The van der Waals surface area contributed by atoms with Crippen molar-refractivity contribution in [3.63, 3.8) is 0 Å². The molecule has 3 atom stereocenters. The molecule has 1 aliphatic rings. The van der Waals surface area contributed by atoms with Crippen LogP contribution < -0.4 is 5.56 Å². The average Bonchev–Trinajstić information content (AvgIpc) is 2.58. The van der Waals surface area contributed by atoms with Gasteiger partial charge < -0.3 is 23.7 Å². The summed E-state index contributed by atoms with van der Waals surface area (Å²) in [4.78, 5) is 27.0. The summed E-state index contributed by atoms with van der Waals surface area (Å²) in [7, 11) is 6.50. The topological polar surface area (TPSA) is 70.0 Å². The zero-order valence-corrected chi connectivity index (χ0v) is 15.2. The van der Waals surface area contributed by atoms with Gasteiger partial charge in [0, 0.05) is 34.0 Å². The Morgan fingerprint density at radius 2 is 1.96 bits per heavy atom. The number of hydrogen-bond donors (Lipinski definition) is 0. The van der Waals surface area contributed by atoms with Gasteiger partial charge in [-0.05, 0) is 25.5 Å².